The molecule has 0 bridgehead atoms. The zero-order valence-corrected chi connectivity index (χ0v) is 18.2. The number of nitrogens with zero attached hydrogens (tertiary/aromatic N) is 1. The number of amides is 2. The first-order valence-electron chi connectivity index (χ1n) is 9.87. The lowest BCUT2D eigenvalue weighted by atomic mass is 9.95. The van der Waals surface area contributed by atoms with Crippen LogP contribution in [0.15, 0.2) is 40.9 Å². The van der Waals surface area contributed by atoms with Crippen molar-refractivity contribution in [2.45, 2.75) is 32.6 Å². The number of hydrogen-bond donors (Lipinski definition) is 2. The third-order valence-electron chi connectivity index (χ3n) is 5.54. The Kier molecular flexibility index (Phi) is 5.46. The summed E-state index contributed by atoms with van der Waals surface area (Å²) in [5, 5.41) is 4.02. The first-order chi connectivity index (χ1) is 13.9. The number of fused-ring (bicyclic) bond motifs is 3. The third kappa shape index (κ3) is 4.08. The first kappa shape index (κ1) is 19.7. The second kappa shape index (κ2) is 8.03. The van der Waals surface area contributed by atoms with Crippen LogP contribution in [0.2, 0.25) is 0 Å². The van der Waals surface area contributed by atoms with Crippen molar-refractivity contribution in [3.63, 3.8) is 0 Å². The largest absolute Gasteiger partial charge is 0.358 e. The number of nitrogens with one attached hydrogen (secondary N) is 2. The van der Waals surface area contributed by atoms with Gasteiger partial charge in [-0.25, -0.2) is 0 Å². The molecule has 0 saturated heterocycles. The van der Waals surface area contributed by atoms with Crippen molar-refractivity contribution in [1.29, 1.82) is 0 Å². The van der Waals surface area contributed by atoms with Gasteiger partial charge in [-0.1, -0.05) is 15.9 Å². The van der Waals surface area contributed by atoms with Crippen LogP contribution in [0.5, 0.6) is 0 Å². The minimum absolute atomic E-state index is 0.00236. The molecule has 0 saturated carbocycles. The molecule has 6 heteroatoms. The standard InChI is InChI=1S/C23H24BrN3O2/c1-14-11-16(24)8-10-19(14)26-22(28)13-27(2)23(29)15-7-9-21-18(12-15)17-5-3-4-6-20(17)25-21/h7-12,25H,3-6,13H2,1-2H3,(H,26,28). The van der Waals surface area contributed by atoms with Crippen LogP contribution in [0, 0.1) is 6.92 Å². The Morgan fingerprint density at radius 3 is 2.72 bits per heavy atom. The van der Waals surface area contributed by atoms with Crippen molar-refractivity contribution < 1.29 is 9.59 Å². The molecule has 29 heavy (non-hydrogen) atoms. The van der Waals surface area contributed by atoms with E-state index in [0.717, 1.165) is 39.5 Å². The van der Waals surface area contributed by atoms with Gasteiger partial charge in [0.25, 0.3) is 5.91 Å². The summed E-state index contributed by atoms with van der Waals surface area (Å²) < 4.78 is 0.961. The van der Waals surface area contributed by atoms with E-state index in [4.69, 9.17) is 0 Å². The second-order valence-electron chi connectivity index (χ2n) is 7.72. The molecule has 0 aliphatic heterocycles. The summed E-state index contributed by atoms with van der Waals surface area (Å²) in [7, 11) is 1.66. The lowest BCUT2D eigenvalue weighted by Crippen LogP contribution is -2.35. The highest BCUT2D eigenvalue weighted by molar-refractivity contribution is 9.10. The molecule has 0 atom stereocenters. The van der Waals surface area contributed by atoms with Gasteiger partial charge in [-0.05, 0) is 80.1 Å². The average molecular weight is 454 g/mol. The van der Waals surface area contributed by atoms with Crippen molar-refractivity contribution >= 4 is 44.3 Å². The fourth-order valence-electron chi connectivity index (χ4n) is 4.00. The van der Waals surface area contributed by atoms with Gasteiger partial charge in [0.15, 0.2) is 0 Å². The maximum atomic E-state index is 12.9. The van der Waals surface area contributed by atoms with E-state index in [-0.39, 0.29) is 18.4 Å². The van der Waals surface area contributed by atoms with E-state index in [1.165, 1.54) is 29.0 Å². The van der Waals surface area contributed by atoms with Crippen LogP contribution in [0.25, 0.3) is 10.9 Å². The van der Waals surface area contributed by atoms with Gasteiger partial charge in [0, 0.05) is 39.4 Å². The molecule has 150 valence electrons. The van der Waals surface area contributed by atoms with E-state index in [2.05, 4.69) is 26.2 Å². The lowest BCUT2D eigenvalue weighted by Gasteiger charge is -2.18. The van der Waals surface area contributed by atoms with Gasteiger partial charge >= 0.3 is 0 Å². The van der Waals surface area contributed by atoms with Crippen LogP contribution in [0.3, 0.4) is 0 Å². The van der Waals surface area contributed by atoms with Crippen molar-refractivity contribution in [3.8, 4) is 0 Å². The number of carbonyl (C=O) groups is 2. The molecule has 0 spiro atoms. The van der Waals surface area contributed by atoms with Gasteiger partial charge in [0.1, 0.15) is 0 Å². The highest BCUT2D eigenvalue weighted by Gasteiger charge is 2.19. The normalized spacial score (nSPS) is 13.2. The molecule has 5 nitrogen and oxygen atoms in total. The molecule has 0 fully saturated rings. The van der Waals surface area contributed by atoms with Crippen molar-refractivity contribution in [1.82, 2.24) is 9.88 Å². The van der Waals surface area contributed by atoms with Gasteiger partial charge in [-0.2, -0.15) is 0 Å². The third-order valence-corrected chi connectivity index (χ3v) is 6.03. The number of likely N-dealkylation sites (N-methyl/N-ethyl adjacent to an activating group) is 1. The summed E-state index contributed by atoms with van der Waals surface area (Å²) in [6, 6.07) is 11.4. The summed E-state index contributed by atoms with van der Waals surface area (Å²) >= 11 is 3.42. The van der Waals surface area contributed by atoms with E-state index in [1.54, 1.807) is 7.05 Å². The molecule has 0 unspecified atom stereocenters. The number of aromatic nitrogens is 1. The van der Waals surface area contributed by atoms with Crippen LogP contribution in [-0.4, -0.2) is 35.3 Å². The predicted molar refractivity (Wildman–Crippen MR) is 119 cm³/mol. The zero-order valence-electron chi connectivity index (χ0n) is 16.6. The monoisotopic (exact) mass is 453 g/mol. The summed E-state index contributed by atoms with van der Waals surface area (Å²) in [5.74, 6) is -0.369. The average Bonchev–Trinajstić information content (AvgIpc) is 3.07. The topological polar surface area (TPSA) is 65.2 Å². The number of carbonyl (C=O) groups excluding carboxylic acids is 2. The lowest BCUT2D eigenvalue weighted by molar-refractivity contribution is -0.116. The van der Waals surface area contributed by atoms with Crippen LogP contribution in [0.1, 0.15) is 40.0 Å². The maximum absolute atomic E-state index is 12.9. The summed E-state index contributed by atoms with van der Waals surface area (Å²) in [6.45, 7) is 1.93. The van der Waals surface area contributed by atoms with Crippen LogP contribution in [0.4, 0.5) is 5.69 Å². The molecule has 2 N–H and O–H groups in total. The Morgan fingerprint density at radius 1 is 1.14 bits per heavy atom. The molecule has 2 aromatic carbocycles. The smallest absolute Gasteiger partial charge is 0.254 e. The summed E-state index contributed by atoms with van der Waals surface area (Å²) in [6.07, 6.45) is 4.52. The quantitative estimate of drug-likeness (QED) is 0.593. The van der Waals surface area contributed by atoms with Gasteiger partial charge in [-0.15, -0.1) is 0 Å². The van der Waals surface area contributed by atoms with E-state index in [0.29, 0.717) is 5.56 Å². The Bertz CT molecular complexity index is 1100. The van der Waals surface area contributed by atoms with E-state index < -0.39 is 0 Å². The highest BCUT2D eigenvalue weighted by atomic mass is 79.9. The van der Waals surface area contributed by atoms with Crippen molar-refractivity contribution in [2.75, 3.05) is 18.9 Å². The number of anilines is 1. The molecule has 0 radical (unpaired) electrons. The molecule has 4 rings (SSSR count). The van der Waals surface area contributed by atoms with Crippen molar-refractivity contribution in [2.24, 2.45) is 0 Å². The Balaban J connectivity index is 1.48. The Morgan fingerprint density at radius 2 is 1.93 bits per heavy atom. The number of aromatic amines is 1. The molecule has 1 aliphatic rings. The number of rotatable bonds is 4. The molecule has 1 heterocycles. The Labute approximate surface area is 178 Å². The fraction of sp³-hybridized carbons (Fsp3) is 0.304. The molecular weight excluding hydrogens is 430 g/mol. The highest BCUT2D eigenvalue weighted by Crippen LogP contribution is 2.30. The van der Waals surface area contributed by atoms with Gasteiger partial charge in [0.05, 0.1) is 6.54 Å². The second-order valence-corrected chi connectivity index (χ2v) is 8.63. The van der Waals surface area contributed by atoms with E-state index in [1.807, 2.05) is 43.3 Å². The van der Waals surface area contributed by atoms with Crippen LogP contribution in [-0.2, 0) is 17.6 Å². The molecule has 1 aliphatic carbocycles. The number of H-pyrrole nitrogens is 1. The SMILES string of the molecule is Cc1cc(Br)ccc1NC(=O)CN(C)C(=O)c1ccc2[nH]c3c(c2c1)CCCC3. The number of benzene rings is 2. The number of aryl methyl sites for hydroxylation is 3. The minimum atomic E-state index is -0.216. The molecular formula is C23H24BrN3O2. The van der Waals surface area contributed by atoms with Crippen LogP contribution < -0.4 is 5.32 Å². The first-order valence-corrected chi connectivity index (χ1v) is 10.7. The van der Waals surface area contributed by atoms with Gasteiger partial charge in [-0.3, -0.25) is 9.59 Å². The maximum Gasteiger partial charge on any atom is 0.254 e. The molecule has 3 aromatic rings. The van der Waals surface area contributed by atoms with E-state index >= 15 is 0 Å². The Hall–Kier alpha value is -2.60. The van der Waals surface area contributed by atoms with Gasteiger partial charge in [0.2, 0.25) is 5.91 Å². The fourth-order valence-corrected chi connectivity index (χ4v) is 4.48. The number of hydrogen-bond acceptors (Lipinski definition) is 2. The van der Waals surface area contributed by atoms with Crippen LogP contribution >= 0.6 is 15.9 Å². The molecule has 2 amide bonds. The predicted octanol–water partition coefficient (Wildman–Crippen LogP) is 4.83. The molecule has 1 aromatic heterocycles. The summed E-state index contributed by atoms with van der Waals surface area (Å²) in [5.41, 5.74) is 6.05. The van der Waals surface area contributed by atoms with Crippen molar-refractivity contribution in [3.05, 3.63) is 63.3 Å². The van der Waals surface area contributed by atoms with Gasteiger partial charge < -0.3 is 15.2 Å². The van der Waals surface area contributed by atoms with E-state index in [9.17, 15) is 9.59 Å². The zero-order chi connectivity index (χ0) is 20.5. The minimum Gasteiger partial charge on any atom is -0.358 e. The summed E-state index contributed by atoms with van der Waals surface area (Å²) in [4.78, 5) is 30.3. The number of halogens is 1.